The van der Waals surface area contributed by atoms with Crippen molar-refractivity contribution < 1.29 is 19.4 Å². The molecule has 0 unspecified atom stereocenters. The molecule has 0 radical (unpaired) electrons. The van der Waals surface area contributed by atoms with Gasteiger partial charge in [-0.25, -0.2) is 0 Å². The summed E-state index contributed by atoms with van der Waals surface area (Å²) < 4.78 is 4.39. The fourth-order valence-electron chi connectivity index (χ4n) is 2.07. The van der Waals surface area contributed by atoms with Gasteiger partial charge in [0.25, 0.3) is 11.5 Å². The molecule has 0 aliphatic rings. The summed E-state index contributed by atoms with van der Waals surface area (Å²) in [6, 6.07) is 5.18. The topological polar surface area (TPSA) is 108 Å². The fourth-order valence-corrected chi connectivity index (χ4v) is 2.07. The number of esters is 1. The molecule has 0 atom stereocenters. The van der Waals surface area contributed by atoms with E-state index >= 15 is 0 Å². The van der Waals surface area contributed by atoms with Crippen LogP contribution in [0.1, 0.15) is 22.8 Å². The molecular formula is C15H16N2O5. The van der Waals surface area contributed by atoms with E-state index < -0.39 is 28.7 Å². The number of carbonyl (C=O) groups is 2. The number of hydrogen-bond donors (Lipinski definition) is 3. The van der Waals surface area contributed by atoms with Gasteiger partial charge in [-0.15, -0.1) is 0 Å². The molecule has 0 fully saturated rings. The lowest BCUT2D eigenvalue weighted by atomic mass is 10.1. The van der Waals surface area contributed by atoms with E-state index in [0.29, 0.717) is 10.9 Å². The molecule has 7 heteroatoms. The molecule has 2 rings (SSSR count). The van der Waals surface area contributed by atoms with Crippen molar-refractivity contribution >= 4 is 22.8 Å². The first-order valence-electron chi connectivity index (χ1n) is 6.70. The molecule has 1 heterocycles. The van der Waals surface area contributed by atoms with Crippen LogP contribution in [0.2, 0.25) is 0 Å². The number of aromatic nitrogens is 1. The molecule has 0 saturated carbocycles. The Kier molecular flexibility index (Phi) is 4.45. The van der Waals surface area contributed by atoms with Gasteiger partial charge in [-0.05, 0) is 24.1 Å². The molecule has 1 amide bonds. The Labute approximate surface area is 125 Å². The first-order valence-corrected chi connectivity index (χ1v) is 6.70. The number of fused-ring (bicyclic) bond motifs is 1. The summed E-state index contributed by atoms with van der Waals surface area (Å²) in [5.41, 5.74) is 0.290. The second-order valence-electron chi connectivity index (χ2n) is 4.67. The van der Waals surface area contributed by atoms with Crippen molar-refractivity contribution in [2.75, 3.05) is 13.7 Å². The third kappa shape index (κ3) is 2.93. The quantitative estimate of drug-likeness (QED) is 0.720. The average molecular weight is 304 g/mol. The number of pyridine rings is 1. The first kappa shape index (κ1) is 15.6. The maximum absolute atomic E-state index is 12.0. The molecule has 116 valence electrons. The lowest BCUT2D eigenvalue weighted by Crippen LogP contribution is -2.34. The first-order chi connectivity index (χ1) is 10.5. The van der Waals surface area contributed by atoms with Gasteiger partial charge in [-0.3, -0.25) is 14.4 Å². The third-order valence-electron chi connectivity index (χ3n) is 3.31. The summed E-state index contributed by atoms with van der Waals surface area (Å²) in [7, 11) is 1.18. The number of H-pyrrole nitrogens is 1. The van der Waals surface area contributed by atoms with E-state index in [9.17, 15) is 19.5 Å². The molecule has 3 N–H and O–H groups in total. The Hall–Kier alpha value is -2.83. The number of aromatic amines is 1. The Balaban J connectivity index is 2.44. The van der Waals surface area contributed by atoms with Crippen LogP contribution in [0, 0.1) is 0 Å². The number of ether oxygens (including phenoxy) is 1. The number of aromatic hydroxyl groups is 1. The van der Waals surface area contributed by atoms with E-state index in [-0.39, 0.29) is 6.54 Å². The van der Waals surface area contributed by atoms with E-state index in [1.165, 1.54) is 7.11 Å². The number of aryl methyl sites for hydroxylation is 1. The smallest absolute Gasteiger partial charge is 0.325 e. The number of methoxy groups -OCH3 is 1. The van der Waals surface area contributed by atoms with Gasteiger partial charge < -0.3 is 20.1 Å². The van der Waals surface area contributed by atoms with Crippen LogP contribution in [-0.4, -0.2) is 35.6 Å². The molecule has 22 heavy (non-hydrogen) atoms. The largest absolute Gasteiger partial charge is 0.506 e. The van der Waals surface area contributed by atoms with Crippen LogP contribution in [0.5, 0.6) is 5.75 Å². The third-order valence-corrected chi connectivity index (χ3v) is 3.31. The van der Waals surface area contributed by atoms with Gasteiger partial charge in [-0.2, -0.15) is 0 Å². The minimum absolute atomic E-state index is 0.361. The molecular weight excluding hydrogens is 288 g/mol. The number of benzene rings is 1. The molecule has 0 bridgehead atoms. The highest BCUT2D eigenvalue weighted by Gasteiger charge is 2.19. The van der Waals surface area contributed by atoms with E-state index in [0.717, 1.165) is 12.0 Å². The maximum atomic E-state index is 12.0. The number of carbonyl (C=O) groups excluding carboxylic acids is 2. The Bertz CT molecular complexity index is 794. The molecule has 0 aliphatic heterocycles. The summed E-state index contributed by atoms with van der Waals surface area (Å²) in [5.74, 6) is -1.91. The number of nitrogens with one attached hydrogen (secondary N) is 2. The monoisotopic (exact) mass is 304 g/mol. The summed E-state index contributed by atoms with van der Waals surface area (Å²) in [6.45, 7) is 1.58. The van der Waals surface area contributed by atoms with Crippen molar-refractivity contribution in [3.63, 3.8) is 0 Å². The van der Waals surface area contributed by atoms with Crippen molar-refractivity contribution in [1.82, 2.24) is 10.3 Å². The molecule has 0 saturated heterocycles. The lowest BCUT2D eigenvalue weighted by molar-refractivity contribution is -0.139. The van der Waals surface area contributed by atoms with E-state index in [2.05, 4.69) is 15.0 Å². The Morgan fingerprint density at radius 3 is 2.73 bits per heavy atom. The minimum atomic E-state index is -0.842. The van der Waals surface area contributed by atoms with Gasteiger partial charge in [0.2, 0.25) is 0 Å². The van der Waals surface area contributed by atoms with Gasteiger partial charge in [0.15, 0.2) is 0 Å². The summed E-state index contributed by atoms with van der Waals surface area (Å²) in [6.07, 6.45) is 0.778. The van der Waals surface area contributed by atoms with Crippen LogP contribution in [-0.2, 0) is 16.0 Å². The van der Waals surface area contributed by atoms with Crippen molar-refractivity contribution in [1.29, 1.82) is 0 Å². The van der Waals surface area contributed by atoms with Gasteiger partial charge >= 0.3 is 5.97 Å². The summed E-state index contributed by atoms with van der Waals surface area (Å²) in [4.78, 5) is 37.6. The molecule has 1 aromatic heterocycles. The molecule has 0 spiro atoms. The summed E-state index contributed by atoms with van der Waals surface area (Å²) >= 11 is 0. The van der Waals surface area contributed by atoms with E-state index in [1.807, 2.05) is 6.92 Å². The van der Waals surface area contributed by atoms with Crippen molar-refractivity contribution in [2.45, 2.75) is 13.3 Å². The number of amides is 1. The highest BCUT2D eigenvalue weighted by molar-refractivity contribution is 6.02. The molecule has 0 aliphatic carbocycles. The molecule has 7 nitrogen and oxygen atoms in total. The number of rotatable bonds is 4. The zero-order valence-corrected chi connectivity index (χ0v) is 12.2. The fraction of sp³-hybridized carbons (Fsp3) is 0.267. The van der Waals surface area contributed by atoms with Crippen LogP contribution in [0.4, 0.5) is 0 Å². The molecule has 1 aromatic carbocycles. The Morgan fingerprint density at radius 1 is 1.36 bits per heavy atom. The summed E-state index contributed by atoms with van der Waals surface area (Å²) in [5, 5.41) is 12.8. The minimum Gasteiger partial charge on any atom is -0.506 e. The van der Waals surface area contributed by atoms with Crippen LogP contribution in [0.3, 0.4) is 0 Å². The normalized spacial score (nSPS) is 10.5. The van der Waals surface area contributed by atoms with E-state index in [1.54, 1.807) is 18.2 Å². The predicted molar refractivity (Wildman–Crippen MR) is 80.0 cm³/mol. The second-order valence-corrected chi connectivity index (χ2v) is 4.67. The highest BCUT2D eigenvalue weighted by atomic mass is 16.5. The zero-order valence-electron chi connectivity index (χ0n) is 12.2. The van der Waals surface area contributed by atoms with Crippen molar-refractivity contribution in [3.8, 4) is 5.75 Å². The van der Waals surface area contributed by atoms with Gasteiger partial charge in [0.1, 0.15) is 17.9 Å². The van der Waals surface area contributed by atoms with Crippen molar-refractivity contribution in [3.05, 3.63) is 39.7 Å². The predicted octanol–water partition coefficient (Wildman–Crippen LogP) is 0.699. The lowest BCUT2D eigenvalue weighted by Gasteiger charge is -2.08. The van der Waals surface area contributed by atoms with Crippen LogP contribution >= 0.6 is 0 Å². The maximum Gasteiger partial charge on any atom is 0.325 e. The number of hydrogen-bond acceptors (Lipinski definition) is 5. The van der Waals surface area contributed by atoms with Crippen molar-refractivity contribution in [2.24, 2.45) is 0 Å². The van der Waals surface area contributed by atoms with Crippen LogP contribution in [0.15, 0.2) is 23.0 Å². The van der Waals surface area contributed by atoms with E-state index in [4.69, 9.17) is 0 Å². The van der Waals surface area contributed by atoms with Gasteiger partial charge in [-0.1, -0.05) is 13.0 Å². The van der Waals surface area contributed by atoms with Gasteiger partial charge in [0, 0.05) is 5.39 Å². The average Bonchev–Trinajstić information content (AvgIpc) is 2.51. The Morgan fingerprint density at radius 2 is 2.09 bits per heavy atom. The standard InChI is InChI=1S/C15H16N2O5/c1-3-8-4-5-9-10(6-8)17-15(21)12(13(9)19)14(20)16-7-11(18)22-2/h4-6H,3,7H2,1-2H3,(H,16,20)(H2,17,19,21). The molecule has 2 aromatic rings. The van der Waals surface area contributed by atoms with Crippen LogP contribution < -0.4 is 10.9 Å². The second kappa shape index (κ2) is 6.30. The van der Waals surface area contributed by atoms with Gasteiger partial charge in [0.05, 0.1) is 12.6 Å². The SMILES string of the molecule is CCc1ccc2c(O)c(C(=O)NCC(=O)OC)c(=O)[nH]c2c1. The highest BCUT2D eigenvalue weighted by Crippen LogP contribution is 2.25. The zero-order chi connectivity index (χ0) is 16.3. The van der Waals surface area contributed by atoms with Crippen LogP contribution in [0.25, 0.3) is 10.9 Å².